The van der Waals surface area contributed by atoms with Crippen molar-refractivity contribution in [3.05, 3.63) is 42.0 Å². The van der Waals surface area contributed by atoms with Crippen LogP contribution in [0.3, 0.4) is 0 Å². The minimum Gasteiger partial charge on any atom is -0.444 e. The number of aliphatic hydroxyl groups excluding tert-OH is 1. The number of ether oxygens (including phenoxy) is 1. The Morgan fingerprint density at radius 3 is 2.62 bits per heavy atom. The average Bonchev–Trinajstić information content (AvgIpc) is 2.63. The Morgan fingerprint density at radius 1 is 1.34 bits per heavy atom. The molecule has 1 radical (unpaired) electrons. The van der Waals surface area contributed by atoms with Gasteiger partial charge in [-0.3, -0.25) is 9.88 Å². The summed E-state index contributed by atoms with van der Waals surface area (Å²) >= 11 is 6.25. The number of aromatic nitrogens is 1. The lowest BCUT2D eigenvalue weighted by Crippen LogP contribution is -2.47. The van der Waals surface area contributed by atoms with Crippen molar-refractivity contribution >= 4 is 38.3 Å². The number of amides is 1. The maximum atomic E-state index is 13.6. The number of benzene rings is 1. The third-order valence-corrected chi connectivity index (χ3v) is 6.50. The monoisotopic (exact) mass is 441 g/mol. The number of carbonyl (C=O) groups is 1. The lowest BCUT2D eigenvalue weighted by Gasteiger charge is -2.32. The van der Waals surface area contributed by atoms with E-state index in [1.54, 1.807) is 39.8 Å². The first-order valence-electron chi connectivity index (χ1n) is 9.19. The molecule has 0 aliphatic rings. The first-order valence-corrected chi connectivity index (χ1v) is 11.1. The van der Waals surface area contributed by atoms with Gasteiger partial charge in [-0.05, 0) is 39.7 Å². The summed E-state index contributed by atoms with van der Waals surface area (Å²) in [6.07, 6.45) is 3.77. The van der Waals surface area contributed by atoms with Crippen LogP contribution in [0.5, 0.6) is 0 Å². The molecule has 9 heteroatoms. The molecule has 1 N–H and O–H groups in total. The van der Waals surface area contributed by atoms with E-state index < -0.39 is 26.9 Å². The van der Waals surface area contributed by atoms with Crippen LogP contribution in [0.1, 0.15) is 34.1 Å². The molecular weight excluding hydrogens is 416 g/mol. The molecular formula is C20H26ClN2O5S. The maximum Gasteiger partial charge on any atom is 0.411 e. The molecule has 1 aromatic carbocycles. The number of hydrogen-bond donors (Lipinski definition) is 1. The van der Waals surface area contributed by atoms with Crippen LogP contribution in [0.15, 0.2) is 35.5 Å². The van der Waals surface area contributed by atoms with Crippen LogP contribution in [0.2, 0.25) is 5.02 Å². The molecule has 1 atom stereocenters. The van der Waals surface area contributed by atoms with Crippen LogP contribution in [0.25, 0.3) is 10.8 Å². The van der Waals surface area contributed by atoms with Gasteiger partial charge < -0.3 is 9.84 Å². The van der Waals surface area contributed by atoms with E-state index >= 15 is 0 Å². The van der Waals surface area contributed by atoms with Crippen LogP contribution in [-0.2, 0) is 14.6 Å². The van der Waals surface area contributed by atoms with Crippen molar-refractivity contribution in [1.82, 2.24) is 9.88 Å². The van der Waals surface area contributed by atoms with Crippen molar-refractivity contribution in [3.63, 3.8) is 0 Å². The van der Waals surface area contributed by atoms with Gasteiger partial charge in [0.1, 0.15) is 11.0 Å². The zero-order chi connectivity index (χ0) is 21.8. The van der Waals surface area contributed by atoms with Gasteiger partial charge in [-0.25, -0.2) is 13.2 Å². The fourth-order valence-corrected chi connectivity index (χ4v) is 5.19. The van der Waals surface area contributed by atoms with Gasteiger partial charge in [0.25, 0.3) is 0 Å². The van der Waals surface area contributed by atoms with Gasteiger partial charge in [-0.2, -0.15) is 0 Å². The number of fused-ring (bicyclic) bond motifs is 1. The molecule has 1 heterocycles. The molecule has 159 valence electrons. The van der Waals surface area contributed by atoms with Gasteiger partial charge in [0.2, 0.25) is 9.84 Å². The third-order valence-electron chi connectivity index (χ3n) is 4.10. The number of carbonyl (C=O) groups excluding carboxylic acids is 1. The summed E-state index contributed by atoms with van der Waals surface area (Å²) in [6.45, 7) is 6.48. The van der Waals surface area contributed by atoms with E-state index in [1.165, 1.54) is 24.9 Å². The van der Waals surface area contributed by atoms with Crippen molar-refractivity contribution in [2.45, 2.75) is 50.0 Å². The summed E-state index contributed by atoms with van der Waals surface area (Å²) in [5, 5.41) is 9.06. The highest BCUT2D eigenvalue weighted by atomic mass is 35.5. The minimum absolute atomic E-state index is 0.00283. The molecule has 0 spiro atoms. The molecule has 2 rings (SSSR count). The van der Waals surface area contributed by atoms with Gasteiger partial charge in [0, 0.05) is 36.3 Å². The molecule has 0 bridgehead atoms. The average molecular weight is 442 g/mol. The molecule has 0 saturated carbocycles. The Labute approximate surface area is 176 Å². The van der Waals surface area contributed by atoms with Crippen molar-refractivity contribution < 1.29 is 23.1 Å². The van der Waals surface area contributed by atoms with E-state index in [0.29, 0.717) is 10.8 Å². The topological polar surface area (TPSA) is 96.8 Å². The molecule has 0 saturated heterocycles. The zero-order valence-electron chi connectivity index (χ0n) is 16.9. The predicted octanol–water partition coefficient (Wildman–Crippen LogP) is 3.83. The normalized spacial score (nSPS) is 13.3. The largest absolute Gasteiger partial charge is 0.444 e. The Balaban J connectivity index is 2.58. The fraction of sp³-hybridized carbons (Fsp3) is 0.450. The molecule has 0 unspecified atom stereocenters. The Morgan fingerprint density at radius 2 is 2.03 bits per heavy atom. The quantitative estimate of drug-likeness (QED) is 0.701. The van der Waals surface area contributed by atoms with Crippen molar-refractivity contribution in [2.24, 2.45) is 0 Å². The van der Waals surface area contributed by atoms with Gasteiger partial charge in [-0.15, -0.1) is 0 Å². The second-order valence-electron chi connectivity index (χ2n) is 7.50. The number of sulfone groups is 1. The predicted molar refractivity (Wildman–Crippen MR) is 112 cm³/mol. The van der Waals surface area contributed by atoms with Gasteiger partial charge >= 0.3 is 6.09 Å². The molecule has 1 amide bonds. The first kappa shape index (κ1) is 23.4. The second-order valence-corrected chi connectivity index (χ2v) is 9.92. The van der Waals surface area contributed by atoms with Crippen molar-refractivity contribution in [3.8, 4) is 0 Å². The lowest BCUT2D eigenvalue weighted by molar-refractivity contribution is 0.0229. The van der Waals surface area contributed by atoms with E-state index in [2.05, 4.69) is 4.98 Å². The molecule has 29 heavy (non-hydrogen) atoms. The van der Waals surface area contributed by atoms with Crippen LogP contribution in [0, 0.1) is 6.42 Å². The second kappa shape index (κ2) is 9.28. The number of aliphatic hydroxyl groups is 1. The Bertz CT molecular complexity index is 967. The van der Waals surface area contributed by atoms with Crippen LogP contribution >= 0.6 is 11.6 Å². The number of nitrogens with zero attached hydrogens (tertiary/aromatic N) is 2. The van der Waals surface area contributed by atoms with Gasteiger partial charge in [-0.1, -0.05) is 30.7 Å². The van der Waals surface area contributed by atoms with E-state index in [9.17, 15) is 18.3 Å². The summed E-state index contributed by atoms with van der Waals surface area (Å²) in [4.78, 5) is 17.9. The first-order chi connectivity index (χ1) is 13.5. The summed E-state index contributed by atoms with van der Waals surface area (Å²) < 4.78 is 32.6. The summed E-state index contributed by atoms with van der Waals surface area (Å²) in [6, 6.07) is 4.78. The van der Waals surface area contributed by atoms with Crippen molar-refractivity contribution in [1.29, 1.82) is 0 Å². The van der Waals surface area contributed by atoms with E-state index in [-0.39, 0.29) is 29.5 Å². The molecule has 0 fully saturated rings. The summed E-state index contributed by atoms with van der Waals surface area (Å²) in [7, 11) is -4.05. The molecule has 7 nitrogen and oxygen atoms in total. The molecule has 0 aliphatic heterocycles. The van der Waals surface area contributed by atoms with E-state index in [4.69, 9.17) is 16.3 Å². The summed E-state index contributed by atoms with van der Waals surface area (Å²) in [5.41, 5.74) is -0.801. The van der Waals surface area contributed by atoms with Crippen molar-refractivity contribution in [2.75, 3.05) is 13.2 Å². The Hall–Kier alpha value is -1.90. The number of pyridine rings is 1. The smallest absolute Gasteiger partial charge is 0.411 e. The van der Waals surface area contributed by atoms with E-state index in [0.717, 1.165) is 4.90 Å². The zero-order valence-corrected chi connectivity index (χ0v) is 18.5. The molecule has 2 aromatic rings. The van der Waals surface area contributed by atoms with Crippen LogP contribution in [-0.4, -0.2) is 53.6 Å². The van der Waals surface area contributed by atoms with Crippen LogP contribution in [0.4, 0.5) is 4.79 Å². The SMILES string of the molecule is C[CH][C@@H](N(CCCO)C(=O)OC(C)(C)C)S(=O)(=O)c1cccc2cncc(Cl)c12. The number of halogens is 1. The lowest BCUT2D eigenvalue weighted by atomic mass is 10.2. The minimum atomic E-state index is -4.05. The standard InChI is InChI=1S/C20H26ClN2O5S/c1-5-17(23(10-7-11-24)19(25)28-20(2,3)4)29(26,27)16-9-6-8-14-12-22-13-15(21)18(14)16/h5-6,8-9,12-13,17,24H,7,10-11H2,1-4H3/t17-/m0/s1. The highest BCUT2D eigenvalue weighted by molar-refractivity contribution is 7.92. The Kier molecular flexibility index (Phi) is 7.48. The van der Waals surface area contributed by atoms with Crippen LogP contribution < -0.4 is 0 Å². The summed E-state index contributed by atoms with van der Waals surface area (Å²) in [5.74, 6) is 0. The number of hydrogen-bond acceptors (Lipinski definition) is 6. The maximum absolute atomic E-state index is 13.6. The van der Waals surface area contributed by atoms with Gasteiger partial charge in [0.05, 0.1) is 9.92 Å². The molecule has 0 aliphatic carbocycles. The fourth-order valence-electron chi connectivity index (χ4n) is 2.94. The highest BCUT2D eigenvalue weighted by Crippen LogP contribution is 2.33. The van der Waals surface area contributed by atoms with Gasteiger partial charge in [0.15, 0.2) is 0 Å². The third kappa shape index (κ3) is 5.38. The molecule has 1 aromatic heterocycles. The van der Waals surface area contributed by atoms with E-state index in [1.807, 2.05) is 0 Å². The highest BCUT2D eigenvalue weighted by Gasteiger charge is 2.37. The number of rotatable bonds is 7.